The predicted octanol–water partition coefficient (Wildman–Crippen LogP) is 1.68. The van der Waals surface area contributed by atoms with E-state index < -0.39 is 0 Å². The molecule has 2 aromatic rings. The van der Waals surface area contributed by atoms with Crippen molar-refractivity contribution < 1.29 is 0 Å². The van der Waals surface area contributed by atoms with Crippen molar-refractivity contribution in [1.29, 1.82) is 0 Å². The van der Waals surface area contributed by atoms with Gasteiger partial charge >= 0.3 is 0 Å². The van der Waals surface area contributed by atoms with Gasteiger partial charge in [-0.1, -0.05) is 12.1 Å². The highest BCUT2D eigenvalue weighted by Crippen LogP contribution is 2.17. The number of anilines is 3. The Kier molecular flexibility index (Phi) is 3.96. The Morgan fingerprint density at radius 2 is 1.95 bits per heavy atom. The molecule has 1 aromatic heterocycles. The first-order chi connectivity index (χ1) is 10.2. The summed E-state index contributed by atoms with van der Waals surface area (Å²) in [5.41, 5.74) is 2.22. The SMILES string of the molecule is Cc1cccc(Nc2cnnc(N3CCN(C)CC3)n2)c1. The molecule has 0 saturated carbocycles. The molecule has 0 atom stereocenters. The molecule has 1 N–H and O–H groups in total. The monoisotopic (exact) mass is 284 g/mol. The van der Waals surface area contributed by atoms with E-state index in [1.54, 1.807) is 6.20 Å². The van der Waals surface area contributed by atoms with E-state index in [9.17, 15) is 0 Å². The number of aromatic nitrogens is 3. The highest BCUT2D eigenvalue weighted by Gasteiger charge is 2.17. The Balaban J connectivity index is 1.74. The zero-order chi connectivity index (χ0) is 14.7. The van der Waals surface area contributed by atoms with E-state index in [1.165, 1.54) is 5.56 Å². The van der Waals surface area contributed by atoms with Crippen molar-refractivity contribution in [3.63, 3.8) is 0 Å². The van der Waals surface area contributed by atoms with E-state index in [2.05, 4.69) is 56.4 Å². The Labute approximate surface area is 124 Å². The van der Waals surface area contributed by atoms with Crippen LogP contribution in [0.5, 0.6) is 0 Å². The van der Waals surface area contributed by atoms with Gasteiger partial charge in [0.25, 0.3) is 0 Å². The minimum atomic E-state index is 0.695. The first-order valence-electron chi connectivity index (χ1n) is 7.17. The van der Waals surface area contributed by atoms with Crippen LogP contribution in [0.25, 0.3) is 0 Å². The Morgan fingerprint density at radius 3 is 2.71 bits per heavy atom. The van der Waals surface area contributed by atoms with Crippen LogP contribution in [0.4, 0.5) is 17.5 Å². The fraction of sp³-hybridized carbons (Fsp3) is 0.400. The topological polar surface area (TPSA) is 57.2 Å². The van der Waals surface area contributed by atoms with E-state index >= 15 is 0 Å². The number of hydrogen-bond donors (Lipinski definition) is 1. The van der Waals surface area contributed by atoms with Crippen molar-refractivity contribution in [2.75, 3.05) is 43.4 Å². The Bertz CT molecular complexity index is 607. The fourth-order valence-electron chi connectivity index (χ4n) is 2.37. The highest BCUT2D eigenvalue weighted by molar-refractivity contribution is 5.57. The van der Waals surface area contributed by atoms with Gasteiger partial charge in [0.15, 0.2) is 5.82 Å². The van der Waals surface area contributed by atoms with Crippen LogP contribution in [0.3, 0.4) is 0 Å². The van der Waals surface area contributed by atoms with Gasteiger partial charge in [-0.3, -0.25) is 0 Å². The molecule has 0 amide bonds. The second-order valence-corrected chi connectivity index (χ2v) is 5.43. The summed E-state index contributed by atoms with van der Waals surface area (Å²) in [5.74, 6) is 1.42. The van der Waals surface area contributed by atoms with Gasteiger partial charge in [-0.25, -0.2) is 0 Å². The number of nitrogens with one attached hydrogen (secondary N) is 1. The van der Waals surface area contributed by atoms with E-state index in [1.807, 2.05) is 12.1 Å². The minimum Gasteiger partial charge on any atom is -0.339 e. The molecule has 0 unspecified atom stereocenters. The number of hydrogen-bond acceptors (Lipinski definition) is 6. The van der Waals surface area contributed by atoms with Crippen LogP contribution in [0.1, 0.15) is 5.56 Å². The predicted molar refractivity (Wildman–Crippen MR) is 84.0 cm³/mol. The van der Waals surface area contributed by atoms with Gasteiger partial charge in [0, 0.05) is 31.9 Å². The van der Waals surface area contributed by atoms with Crippen LogP contribution in [-0.4, -0.2) is 53.3 Å². The summed E-state index contributed by atoms with van der Waals surface area (Å²) in [5, 5.41) is 11.5. The Morgan fingerprint density at radius 1 is 1.14 bits per heavy atom. The maximum atomic E-state index is 4.57. The average molecular weight is 284 g/mol. The fourth-order valence-corrected chi connectivity index (χ4v) is 2.37. The van der Waals surface area contributed by atoms with Crippen LogP contribution in [0.2, 0.25) is 0 Å². The van der Waals surface area contributed by atoms with E-state index in [-0.39, 0.29) is 0 Å². The first-order valence-corrected chi connectivity index (χ1v) is 7.17. The third-order valence-corrected chi connectivity index (χ3v) is 3.62. The molecule has 6 nitrogen and oxygen atoms in total. The molecule has 1 aromatic carbocycles. The number of aryl methyl sites for hydroxylation is 1. The van der Waals surface area contributed by atoms with Crippen molar-refractivity contribution in [2.24, 2.45) is 0 Å². The summed E-state index contributed by atoms with van der Waals surface area (Å²) in [4.78, 5) is 9.05. The number of nitrogens with zero attached hydrogens (tertiary/aromatic N) is 5. The van der Waals surface area contributed by atoms with Crippen molar-refractivity contribution in [2.45, 2.75) is 6.92 Å². The van der Waals surface area contributed by atoms with Gasteiger partial charge in [0.2, 0.25) is 5.95 Å². The smallest absolute Gasteiger partial charge is 0.247 e. The molecule has 0 bridgehead atoms. The molecule has 21 heavy (non-hydrogen) atoms. The Hall–Kier alpha value is -2.21. The lowest BCUT2D eigenvalue weighted by atomic mass is 10.2. The average Bonchev–Trinajstić information content (AvgIpc) is 2.48. The quantitative estimate of drug-likeness (QED) is 0.925. The molecular weight excluding hydrogens is 264 g/mol. The molecule has 1 fully saturated rings. The number of likely N-dealkylation sites (N-methyl/N-ethyl adjacent to an activating group) is 1. The van der Waals surface area contributed by atoms with E-state index in [0.717, 1.165) is 37.7 Å². The van der Waals surface area contributed by atoms with Crippen LogP contribution in [0.15, 0.2) is 30.5 Å². The van der Waals surface area contributed by atoms with Crippen molar-refractivity contribution in [1.82, 2.24) is 20.1 Å². The lowest BCUT2D eigenvalue weighted by Crippen LogP contribution is -2.45. The van der Waals surface area contributed by atoms with Gasteiger partial charge in [-0.15, -0.1) is 5.10 Å². The number of piperazine rings is 1. The normalized spacial score (nSPS) is 16.0. The molecule has 1 aliphatic heterocycles. The minimum absolute atomic E-state index is 0.695. The van der Waals surface area contributed by atoms with Crippen LogP contribution in [-0.2, 0) is 0 Å². The summed E-state index contributed by atoms with van der Waals surface area (Å²) >= 11 is 0. The third-order valence-electron chi connectivity index (χ3n) is 3.62. The van der Waals surface area contributed by atoms with E-state index in [0.29, 0.717) is 5.95 Å². The molecule has 0 radical (unpaired) electrons. The third kappa shape index (κ3) is 3.46. The van der Waals surface area contributed by atoms with Gasteiger partial charge in [-0.2, -0.15) is 10.1 Å². The summed E-state index contributed by atoms with van der Waals surface area (Å²) in [6.07, 6.45) is 1.65. The molecular formula is C15H20N6. The molecule has 1 saturated heterocycles. The van der Waals surface area contributed by atoms with E-state index in [4.69, 9.17) is 0 Å². The maximum Gasteiger partial charge on any atom is 0.247 e. The molecule has 0 aliphatic carbocycles. The lowest BCUT2D eigenvalue weighted by Gasteiger charge is -2.32. The zero-order valence-corrected chi connectivity index (χ0v) is 12.5. The lowest BCUT2D eigenvalue weighted by molar-refractivity contribution is 0.311. The van der Waals surface area contributed by atoms with Crippen molar-refractivity contribution >= 4 is 17.5 Å². The van der Waals surface area contributed by atoms with Gasteiger partial charge < -0.3 is 15.1 Å². The van der Waals surface area contributed by atoms with Crippen LogP contribution < -0.4 is 10.2 Å². The van der Waals surface area contributed by atoms with Crippen molar-refractivity contribution in [3.05, 3.63) is 36.0 Å². The summed E-state index contributed by atoms with van der Waals surface area (Å²) < 4.78 is 0. The molecule has 110 valence electrons. The van der Waals surface area contributed by atoms with Gasteiger partial charge in [0.1, 0.15) is 0 Å². The zero-order valence-electron chi connectivity index (χ0n) is 12.5. The number of benzene rings is 1. The standard InChI is InChI=1S/C15H20N6/c1-12-4-3-5-13(10-12)17-14-11-16-19-15(18-14)21-8-6-20(2)7-9-21/h3-5,10-11H,6-9H2,1-2H3,(H,17,18,19). The molecule has 2 heterocycles. The van der Waals surface area contributed by atoms with Crippen molar-refractivity contribution in [3.8, 4) is 0 Å². The largest absolute Gasteiger partial charge is 0.339 e. The number of rotatable bonds is 3. The van der Waals surface area contributed by atoms with Crippen LogP contribution in [0, 0.1) is 6.92 Å². The van der Waals surface area contributed by atoms with Gasteiger partial charge in [0.05, 0.1) is 6.20 Å². The summed E-state index contributed by atoms with van der Waals surface area (Å²) in [6, 6.07) is 8.19. The highest BCUT2D eigenvalue weighted by atomic mass is 15.4. The maximum absolute atomic E-state index is 4.57. The first kappa shape index (κ1) is 13.8. The second kappa shape index (κ2) is 6.05. The second-order valence-electron chi connectivity index (χ2n) is 5.43. The molecule has 1 aliphatic rings. The van der Waals surface area contributed by atoms with Gasteiger partial charge in [-0.05, 0) is 31.7 Å². The molecule has 0 spiro atoms. The summed E-state index contributed by atoms with van der Waals surface area (Å²) in [6.45, 7) is 6.00. The summed E-state index contributed by atoms with van der Waals surface area (Å²) in [7, 11) is 2.13. The molecule has 3 rings (SSSR count). The van der Waals surface area contributed by atoms with Crippen LogP contribution >= 0.6 is 0 Å². The molecule has 6 heteroatoms.